The molecule has 2 atom stereocenters. The SMILES string of the molecule is C=CC(=O)N[C@@H]1CCCC1NC(=O)c1sc2nccc3c2c1NC(=O)N3c1cnc(Oc2ccccc2)cn1. The van der Waals surface area contributed by atoms with Crippen molar-refractivity contribution in [2.75, 3.05) is 10.2 Å². The van der Waals surface area contributed by atoms with E-state index in [1.807, 2.05) is 18.2 Å². The summed E-state index contributed by atoms with van der Waals surface area (Å²) >= 11 is 1.19. The number of carbonyl (C=O) groups is 3. The normalized spacial score (nSPS) is 17.9. The highest BCUT2D eigenvalue weighted by molar-refractivity contribution is 7.21. The van der Waals surface area contributed by atoms with E-state index in [0.29, 0.717) is 32.2 Å². The molecule has 4 aromatic rings. The van der Waals surface area contributed by atoms with Crippen molar-refractivity contribution in [3.05, 3.63) is 72.5 Å². The molecule has 1 aromatic carbocycles. The number of thiophene rings is 1. The van der Waals surface area contributed by atoms with Gasteiger partial charge in [-0.05, 0) is 43.5 Å². The molecule has 0 spiro atoms. The van der Waals surface area contributed by atoms with E-state index in [4.69, 9.17) is 4.74 Å². The molecule has 1 aliphatic heterocycles. The van der Waals surface area contributed by atoms with Crippen LogP contribution < -0.4 is 25.6 Å². The van der Waals surface area contributed by atoms with Gasteiger partial charge in [0, 0.05) is 18.3 Å². The van der Waals surface area contributed by atoms with E-state index in [1.54, 1.807) is 24.4 Å². The van der Waals surface area contributed by atoms with Crippen LogP contribution in [0.1, 0.15) is 28.9 Å². The lowest BCUT2D eigenvalue weighted by atomic mass is 10.1. The van der Waals surface area contributed by atoms with Crippen molar-refractivity contribution < 1.29 is 19.1 Å². The van der Waals surface area contributed by atoms with Crippen LogP contribution in [0.3, 0.4) is 0 Å². The van der Waals surface area contributed by atoms with Crippen molar-refractivity contribution in [1.82, 2.24) is 25.6 Å². The molecule has 4 amide bonds. The highest BCUT2D eigenvalue weighted by atomic mass is 32.1. The van der Waals surface area contributed by atoms with Gasteiger partial charge in [0.05, 0.1) is 29.2 Å². The number of urea groups is 1. The molecule has 12 heteroatoms. The number of pyridine rings is 1. The molecule has 0 saturated heterocycles. The van der Waals surface area contributed by atoms with E-state index in [1.165, 1.54) is 34.7 Å². The van der Waals surface area contributed by atoms with Crippen LogP contribution in [0.15, 0.2) is 67.6 Å². The summed E-state index contributed by atoms with van der Waals surface area (Å²) < 4.78 is 5.71. The molecule has 11 nitrogen and oxygen atoms in total. The van der Waals surface area contributed by atoms with Crippen LogP contribution in [0.4, 0.5) is 22.0 Å². The van der Waals surface area contributed by atoms with Gasteiger partial charge in [0.1, 0.15) is 15.5 Å². The third-order valence-electron chi connectivity index (χ3n) is 6.61. The molecule has 6 rings (SSSR count). The number of carbonyl (C=O) groups excluding carboxylic acids is 3. The molecule has 1 fully saturated rings. The van der Waals surface area contributed by atoms with Crippen LogP contribution in [0, 0.1) is 0 Å². The topological polar surface area (TPSA) is 138 Å². The number of amides is 4. The summed E-state index contributed by atoms with van der Waals surface area (Å²) in [7, 11) is 0. The van der Waals surface area contributed by atoms with Gasteiger partial charge in [0.15, 0.2) is 5.82 Å². The Kier molecular flexibility index (Phi) is 6.37. The lowest BCUT2D eigenvalue weighted by Crippen LogP contribution is -2.48. The number of ether oxygens (including phenoxy) is 1. The maximum Gasteiger partial charge on any atom is 0.332 e. The van der Waals surface area contributed by atoms with Crippen molar-refractivity contribution in [2.45, 2.75) is 31.3 Å². The third-order valence-corrected chi connectivity index (χ3v) is 7.70. The minimum absolute atomic E-state index is 0.184. The number of hydrogen-bond acceptors (Lipinski definition) is 8. The summed E-state index contributed by atoms with van der Waals surface area (Å²) in [5.41, 5.74) is 0.940. The van der Waals surface area contributed by atoms with Gasteiger partial charge in [0.25, 0.3) is 5.91 Å². The fourth-order valence-corrected chi connectivity index (χ4v) is 5.86. The molecule has 196 valence electrons. The van der Waals surface area contributed by atoms with Gasteiger partial charge in [-0.25, -0.2) is 24.6 Å². The average Bonchev–Trinajstić information content (AvgIpc) is 3.54. The number of aromatic nitrogens is 3. The summed E-state index contributed by atoms with van der Waals surface area (Å²) in [4.78, 5) is 53.9. The van der Waals surface area contributed by atoms with E-state index >= 15 is 0 Å². The Morgan fingerprint density at radius 1 is 1.08 bits per heavy atom. The summed E-state index contributed by atoms with van der Waals surface area (Å²) in [6, 6.07) is 10.0. The highest BCUT2D eigenvalue weighted by Gasteiger charge is 2.35. The Hall–Kier alpha value is -4.84. The van der Waals surface area contributed by atoms with E-state index in [-0.39, 0.29) is 35.6 Å². The second-order valence-corrected chi connectivity index (χ2v) is 10.0. The largest absolute Gasteiger partial charge is 0.438 e. The summed E-state index contributed by atoms with van der Waals surface area (Å²) in [6.07, 6.45) is 8.07. The molecule has 1 saturated carbocycles. The lowest BCUT2D eigenvalue weighted by Gasteiger charge is -2.27. The lowest BCUT2D eigenvalue weighted by molar-refractivity contribution is -0.117. The average molecular weight is 542 g/mol. The number of benzene rings is 1. The number of rotatable bonds is 7. The van der Waals surface area contributed by atoms with Crippen LogP contribution in [0.5, 0.6) is 11.6 Å². The Balaban J connectivity index is 1.27. The molecule has 39 heavy (non-hydrogen) atoms. The zero-order valence-corrected chi connectivity index (χ0v) is 21.4. The van der Waals surface area contributed by atoms with E-state index in [0.717, 1.165) is 19.3 Å². The first-order chi connectivity index (χ1) is 19.0. The first-order valence-corrected chi connectivity index (χ1v) is 13.1. The first-order valence-electron chi connectivity index (χ1n) is 12.3. The van der Waals surface area contributed by atoms with Gasteiger partial charge in [-0.15, -0.1) is 11.3 Å². The smallest absolute Gasteiger partial charge is 0.332 e. The number of nitrogens with zero attached hydrogens (tertiary/aromatic N) is 4. The second-order valence-electron chi connectivity index (χ2n) is 9.04. The van der Waals surface area contributed by atoms with Crippen LogP contribution >= 0.6 is 11.3 Å². The van der Waals surface area contributed by atoms with Crippen molar-refractivity contribution in [2.24, 2.45) is 0 Å². The maximum atomic E-state index is 13.4. The number of nitrogens with one attached hydrogen (secondary N) is 3. The van der Waals surface area contributed by atoms with Crippen molar-refractivity contribution in [3.63, 3.8) is 0 Å². The minimum atomic E-state index is -0.481. The number of para-hydroxylation sites is 1. The van der Waals surface area contributed by atoms with Crippen molar-refractivity contribution >= 4 is 56.6 Å². The fourth-order valence-electron chi connectivity index (χ4n) is 4.84. The Morgan fingerprint density at radius 3 is 2.62 bits per heavy atom. The van der Waals surface area contributed by atoms with Gasteiger partial charge in [-0.1, -0.05) is 24.8 Å². The van der Waals surface area contributed by atoms with Crippen molar-refractivity contribution in [3.8, 4) is 11.6 Å². The van der Waals surface area contributed by atoms with E-state index in [9.17, 15) is 14.4 Å². The van der Waals surface area contributed by atoms with Gasteiger partial charge in [-0.2, -0.15) is 0 Å². The summed E-state index contributed by atoms with van der Waals surface area (Å²) in [6.45, 7) is 3.49. The predicted molar refractivity (Wildman–Crippen MR) is 147 cm³/mol. The predicted octanol–water partition coefficient (Wildman–Crippen LogP) is 4.52. The quantitative estimate of drug-likeness (QED) is 0.293. The van der Waals surface area contributed by atoms with E-state index in [2.05, 4.69) is 37.5 Å². The molecule has 3 N–H and O–H groups in total. The number of anilines is 3. The fraction of sp³-hybridized carbons (Fsp3) is 0.185. The summed E-state index contributed by atoms with van der Waals surface area (Å²) in [5, 5.41) is 9.40. The molecule has 3 aromatic heterocycles. The van der Waals surface area contributed by atoms with Gasteiger partial charge < -0.3 is 20.7 Å². The molecule has 0 bridgehead atoms. The zero-order valence-electron chi connectivity index (χ0n) is 20.6. The van der Waals surface area contributed by atoms with Crippen LogP contribution in [-0.2, 0) is 4.79 Å². The first kappa shape index (κ1) is 24.5. The standard InChI is InChI=1S/C27H23N7O4S/c1-2-20(35)31-16-9-6-10-17(16)32-25(36)24-23-22-18(11-12-28-26(22)39-24)34(27(37)33-23)19-13-30-21(14-29-19)38-15-7-4-3-5-8-15/h2-5,7-8,11-14,16-17H,1,6,9-10H2,(H,31,35)(H,32,36)(H,33,37)/t16-,17?/m1/s1. The number of hydrogen-bond donors (Lipinski definition) is 3. The van der Waals surface area contributed by atoms with Gasteiger partial charge in [-0.3, -0.25) is 9.59 Å². The Bertz CT molecular complexity index is 1590. The van der Waals surface area contributed by atoms with E-state index < -0.39 is 6.03 Å². The summed E-state index contributed by atoms with van der Waals surface area (Å²) in [5.74, 6) is 0.579. The monoisotopic (exact) mass is 541 g/mol. The molecule has 1 aliphatic carbocycles. The molecule has 4 heterocycles. The minimum Gasteiger partial charge on any atom is -0.438 e. The van der Waals surface area contributed by atoms with Crippen LogP contribution in [0.2, 0.25) is 0 Å². The third kappa shape index (κ3) is 4.66. The molecule has 0 radical (unpaired) electrons. The molecular weight excluding hydrogens is 518 g/mol. The van der Waals surface area contributed by atoms with Gasteiger partial charge in [0.2, 0.25) is 11.8 Å². The van der Waals surface area contributed by atoms with Gasteiger partial charge >= 0.3 is 6.03 Å². The molecule has 1 unspecified atom stereocenters. The van der Waals surface area contributed by atoms with Crippen LogP contribution in [0.25, 0.3) is 10.2 Å². The Morgan fingerprint density at radius 2 is 1.87 bits per heavy atom. The molecular formula is C27H23N7O4S. The van der Waals surface area contributed by atoms with Crippen molar-refractivity contribution in [1.29, 1.82) is 0 Å². The maximum absolute atomic E-state index is 13.4. The van der Waals surface area contributed by atoms with Crippen LogP contribution in [-0.4, -0.2) is 44.9 Å². The highest BCUT2D eigenvalue weighted by Crippen LogP contribution is 2.45. The zero-order chi connectivity index (χ0) is 26.9. The molecule has 2 aliphatic rings. The Labute approximate surface area is 226 Å². The second kappa shape index (κ2) is 10.1.